The van der Waals surface area contributed by atoms with Crippen LogP contribution in [-0.4, -0.2) is 20.1 Å². The van der Waals surface area contributed by atoms with Gasteiger partial charge >= 0.3 is 0 Å². The highest BCUT2D eigenvalue weighted by Gasteiger charge is 2.09. The van der Waals surface area contributed by atoms with Crippen molar-refractivity contribution in [2.45, 2.75) is 13.0 Å². The van der Waals surface area contributed by atoms with Gasteiger partial charge in [0.05, 0.1) is 20.3 Å². The third kappa shape index (κ3) is 4.35. The van der Waals surface area contributed by atoms with Gasteiger partial charge in [0.2, 0.25) is 5.91 Å². The minimum absolute atomic E-state index is 0.227. The summed E-state index contributed by atoms with van der Waals surface area (Å²) < 4.78 is 23.5. The molecule has 2 aromatic rings. The van der Waals surface area contributed by atoms with Gasteiger partial charge in [-0.1, -0.05) is 24.3 Å². The van der Waals surface area contributed by atoms with Crippen LogP contribution in [0.2, 0.25) is 0 Å². The molecular weight excluding hydrogens is 309 g/mol. The molecule has 1 amide bonds. The normalized spacial score (nSPS) is 12.0. The molecule has 0 aromatic heterocycles. The van der Waals surface area contributed by atoms with Crippen molar-refractivity contribution in [1.29, 1.82) is 0 Å². The molecule has 0 spiro atoms. The number of hydrogen-bond donors (Lipinski definition) is 1. The van der Waals surface area contributed by atoms with E-state index in [9.17, 15) is 9.18 Å². The second-order valence-corrected chi connectivity index (χ2v) is 5.20. The summed E-state index contributed by atoms with van der Waals surface area (Å²) in [6.07, 6.45) is 3.09. The van der Waals surface area contributed by atoms with Crippen LogP contribution < -0.4 is 14.8 Å². The number of hydrogen-bond acceptors (Lipinski definition) is 3. The van der Waals surface area contributed by atoms with Gasteiger partial charge in [-0.2, -0.15) is 0 Å². The molecule has 0 aliphatic carbocycles. The number of ether oxygens (including phenoxy) is 2. The minimum atomic E-state index is -0.303. The quantitative estimate of drug-likeness (QED) is 0.822. The second-order valence-electron chi connectivity index (χ2n) is 5.20. The van der Waals surface area contributed by atoms with Gasteiger partial charge in [-0.15, -0.1) is 0 Å². The van der Waals surface area contributed by atoms with Crippen LogP contribution in [0.4, 0.5) is 4.39 Å². The molecule has 0 bridgehead atoms. The van der Waals surface area contributed by atoms with Gasteiger partial charge in [-0.3, -0.25) is 4.79 Å². The van der Waals surface area contributed by atoms with Crippen molar-refractivity contribution in [2.24, 2.45) is 0 Å². The molecule has 0 aliphatic heterocycles. The largest absolute Gasteiger partial charge is 0.493 e. The van der Waals surface area contributed by atoms with E-state index < -0.39 is 0 Å². The first-order chi connectivity index (χ1) is 11.5. The van der Waals surface area contributed by atoms with E-state index in [0.29, 0.717) is 11.5 Å². The first-order valence-corrected chi connectivity index (χ1v) is 7.50. The zero-order valence-electron chi connectivity index (χ0n) is 13.9. The number of rotatable bonds is 6. The molecule has 0 radical (unpaired) electrons. The lowest BCUT2D eigenvalue weighted by Gasteiger charge is -2.13. The number of carbonyl (C=O) groups excluding carboxylic acids is 1. The topological polar surface area (TPSA) is 47.6 Å². The van der Waals surface area contributed by atoms with Gasteiger partial charge in [0.1, 0.15) is 5.82 Å². The number of amides is 1. The summed E-state index contributed by atoms with van der Waals surface area (Å²) in [6, 6.07) is 11.2. The predicted octanol–water partition coefficient (Wildman–Crippen LogP) is 3.73. The third-order valence-electron chi connectivity index (χ3n) is 3.58. The Balaban J connectivity index is 2.06. The molecule has 24 heavy (non-hydrogen) atoms. The van der Waals surface area contributed by atoms with Gasteiger partial charge < -0.3 is 14.8 Å². The predicted molar refractivity (Wildman–Crippen MR) is 91.5 cm³/mol. The number of nitrogens with one attached hydrogen (secondary N) is 1. The summed E-state index contributed by atoms with van der Waals surface area (Å²) in [6.45, 7) is 1.84. The van der Waals surface area contributed by atoms with E-state index in [1.54, 1.807) is 38.5 Å². The van der Waals surface area contributed by atoms with Crippen LogP contribution in [0.15, 0.2) is 48.5 Å². The summed E-state index contributed by atoms with van der Waals surface area (Å²) in [7, 11) is 3.11. The molecule has 126 valence electrons. The number of carbonyl (C=O) groups is 1. The fourth-order valence-corrected chi connectivity index (χ4v) is 2.30. The Morgan fingerprint density at radius 3 is 2.46 bits per heavy atom. The Bertz CT molecular complexity index is 726. The number of halogens is 1. The lowest BCUT2D eigenvalue weighted by Crippen LogP contribution is -2.24. The summed E-state index contributed by atoms with van der Waals surface area (Å²) in [5.41, 5.74) is 1.57. The highest BCUT2D eigenvalue weighted by molar-refractivity contribution is 5.92. The average Bonchev–Trinajstić information content (AvgIpc) is 2.59. The standard InChI is InChI=1S/C19H20FNO3/c1-13(14-7-10-16(20)11-8-14)21-18(22)12-9-15-5-4-6-17(23-2)19(15)24-3/h4-13H,1-3H3,(H,21,22)/b12-9+/t13-/m1/s1. The zero-order chi connectivity index (χ0) is 17.5. The monoisotopic (exact) mass is 329 g/mol. The zero-order valence-corrected chi connectivity index (χ0v) is 13.9. The highest BCUT2D eigenvalue weighted by atomic mass is 19.1. The van der Waals surface area contributed by atoms with Crippen LogP contribution >= 0.6 is 0 Å². The molecule has 0 saturated heterocycles. The van der Waals surface area contributed by atoms with Crippen LogP contribution in [0, 0.1) is 5.82 Å². The fraction of sp³-hybridized carbons (Fsp3) is 0.211. The minimum Gasteiger partial charge on any atom is -0.493 e. The number of benzene rings is 2. The summed E-state index contributed by atoms with van der Waals surface area (Å²) in [5.74, 6) is 0.606. The lowest BCUT2D eigenvalue weighted by molar-refractivity contribution is -0.117. The molecule has 5 heteroatoms. The molecule has 1 atom stereocenters. The van der Waals surface area contributed by atoms with Crippen molar-refractivity contribution in [1.82, 2.24) is 5.32 Å². The van der Waals surface area contributed by atoms with Crippen LogP contribution in [0.3, 0.4) is 0 Å². The SMILES string of the molecule is COc1cccc(/C=C/C(=O)N[C@H](C)c2ccc(F)cc2)c1OC. The fourth-order valence-electron chi connectivity index (χ4n) is 2.30. The molecule has 2 rings (SSSR count). The number of para-hydroxylation sites is 1. The van der Waals surface area contributed by atoms with Crippen LogP contribution in [0.25, 0.3) is 6.08 Å². The van der Waals surface area contributed by atoms with Crippen molar-refractivity contribution in [3.63, 3.8) is 0 Å². The molecule has 0 heterocycles. The maximum Gasteiger partial charge on any atom is 0.244 e. The highest BCUT2D eigenvalue weighted by Crippen LogP contribution is 2.31. The van der Waals surface area contributed by atoms with E-state index in [1.807, 2.05) is 19.1 Å². The first-order valence-electron chi connectivity index (χ1n) is 7.50. The maximum absolute atomic E-state index is 12.9. The van der Waals surface area contributed by atoms with Crippen molar-refractivity contribution >= 4 is 12.0 Å². The van der Waals surface area contributed by atoms with Gasteiger partial charge in [0.15, 0.2) is 11.5 Å². The summed E-state index contributed by atoms with van der Waals surface area (Å²) in [4.78, 5) is 12.1. The molecule has 4 nitrogen and oxygen atoms in total. The third-order valence-corrected chi connectivity index (χ3v) is 3.58. The van der Waals surface area contributed by atoms with E-state index in [-0.39, 0.29) is 17.8 Å². The van der Waals surface area contributed by atoms with Gasteiger partial charge in [-0.05, 0) is 36.8 Å². The Hall–Kier alpha value is -2.82. The van der Waals surface area contributed by atoms with E-state index in [0.717, 1.165) is 11.1 Å². The molecule has 0 fully saturated rings. The Morgan fingerprint density at radius 1 is 1.12 bits per heavy atom. The smallest absolute Gasteiger partial charge is 0.244 e. The molecular formula is C19H20FNO3. The Labute approximate surface area is 140 Å². The van der Waals surface area contributed by atoms with E-state index in [1.165, 1.54) is 18.2 Å². The van der Waals surface area contributed by atoms with E-state index >= 15 is 0 Å². The molecule has 0 aliphatic rings. The molecule has 2 aromatic carbocycles. The number of methoxy groups -OCH3 is 2. The first kappa shape index (κ1) is 17.5. The van der Waals surface area contributed by atoms with Crippen LogP contribution in [-0.2, 0) is 4.79 Å². The Kier molecular flexibility index (Phi) is 5.95. The van der Waals surface area contributed by atoms with Gasteiger partial charge in [0, 0.05) is 11.6 Å². The van der Waals surface area contributed by atoms with Crippen LogP contribution in [0.5, 0.6) is 11.5 Å². The Morgan fingerprint density at radius 2 is 1.83 bits per heavy atom. The molecule has 0 unspecified atom stereocenters. The second kappa shape index (κ2) is 8.15. The summed E-state index contributed by atoms with van der Waals surface area (Å²) >= 11 is 0. The van der Waals surface area contributed by atoms with Gasteiger partial charge in [0.25, 0.3) is 0 Å². The average molecular weight is 329 g/mol. The van der Waals surface area contributed by atoms with Crippen molar-refractivity contribution in [3.8, 4) is 11.5 Å². The van der Waals surface area contributed by atoms with E-state index in [2.05, 4.69) is 5.32 Å². The van der Waals surface area contributed by atoms with Crippen molar-refractivity contribution in [3.05, 3.63) is 65.5 Å². The maximum atomic E-state index is 12.9. The van der Waals surface area contributed by atoms with Gasteiger partial charge in [-0.25, -0.2) is 4.39 Å². The summed E-state index contributed by atoms with van der Waals surface area (Å²) in [5, 5.41) is 2.83. The lowest BCUT2D eigenvalue weighted by atomic mass is 10.1. The van der Waals surface area contributed by atoms with Crippen molar-refractivity contribution in [2.75, 3.05) is 14.2 Å². The van der Waals surface area contributed by atoms with Crippen LogP contribution in [0.1, 0.15) is 24.1 Å². The van der Waals surface area contributed by atoms with E-state index in [4.69, 9.17) is 9.47 Å². The van der Waals surface area contributed by atoms with Crippen molar-refractivity contribution < 1.29 is 18.7 Å². The molecule has 0 saturated carbocycles. The molecule has 1 N–H and O–H groups in total.